The lowest BCUT2D eigenvalue weighted by atomic mass is 9.89. The van der Waals surface area contributed by atoms with Crippen molar-refractivity contribution in [1.82, 2.24) is 25.4 Å². The molecule has 2 N–H and O–H groups in total. The lowest BCUT2D eigenvalue weighted by molar-refractivity contribution is -0.0815. The molecule has 1 spiro atoms. The van der Waals surface area contributed by atoms with Gasteiger partial charge in [0, 0.05) is 25.7 Å². The summed E-state index contributed by atoms with van der Waals surface area (Å²) in [6.07, 6.45) is 12.3. The molecular weight excluding hydrogens is 467 g/mol. The molecule has 28 heavy (non-hydrogen) atoms. The second-order valence-corrected chi connectivity index (χ2v) is 8.59. The van der Waals surface area contributed by atoms with E-state index in [1.807, 2.05) is 18.5 Å². The van der Waals surface area contributed by atoms with E-state index in [1.54, 1.807) is 0 Å². The summed E-state index contributed by atoms with van der Waals surface area (Å²) in [5.74, 6) is 2.76. The molecular formula is C20H35IN6O. The highest BCUT2D eigenvalue weighted by Gasteiger charge is 2.40. The fourth-order valence-electron chi connectivity index (χ4n) is 4.85. The standard InChI is InChI=1S/C20H34N6O.HI/c1-15-24-25-18(26(15)2)14-21-19(22-16-7-3-4-8-16)23-17-9-12-27-20(13-17)10-5-6-11-20;/h16-17H,3-14H2,1-2H3,(H2,21,22,23);1H. The van der Waals surface area contributed by atoms with Crippen LogP contribution in [0.5, 0.6) is 0 Å². The van der Waals surface area contributed by atoms with Crippen LogP contribution in [0.15, 0.2) is 4.99 Å². The van der Waals surface area contributed by atoms with Crippen LogP contribution in [0.25, 0.3) is 0 Å². The zero-order chi connectivity index (χ0) is 18.7. The molecule has 2 aliphatic carbocycles. The molecule has 8 heteroatoms. The molecule has 158 valence electrons. The minimum Gasteiger partial charge on any atom is -0.375 e. The fraction of sp³-hybridized carbons (Fsp3) is 0.850. The molecule has 1 aliphatic heterocycles. The van der Waals surface area contributed by atoms with Crippen molar-refractivity contribution in [2.75, 3.05) is 6.61 Å². The summed E-state index contributed by atoms with van der Waals surface area (Å²) in [6.45, 7) is 3.38. The smallest absolute Gasteiger partial charge is 0.192 e. The number of rotatable bonds is 4. The number of guanidine groups is 1. The van der Waals surface area contributed by atoms with Crippen molar-refractivity contribution in [3.8, 4) is 0 Å². The normalized spacial score (nSPS) is 25.1. The minimum atomic E-state index is 0. The maximum atomic E-state index is 6.20. The lowest BCUT2D eigenvalue weighted by Gasteiger charge is -2.39. The van der Waals surface area contributed by atoms with Crippen LogP contribution in [0.3, 0.4) is 0 Å². The maximum absolute atomic E-state index is 6.20. The molecule has 2 heterocycles. The van der Waals surface area contributed by atoms with Crippen LogP contribution in [0.1, 0.15) is 75.9 Å². The Morgan fingerprint density at radius 1 is 1.11 bits per heavy atom. The molecule has 1 aromatic rings. The van der Waals surface area contributed by atoms with Crippen LogP contribution >= 0.6 is 24.0 Å². The highest BCUT2D eigenvalue weighted by molar-refractivity contribution is 14.0. The number of hydrogen-bond acceptors (Lipinski definition) is 4. The average molecular weight is 502 g/mol. The van der Waals surface area contributed by atoms with Gasteiger partial charge in [-0.25, -0.2) is 4.99 Å². The lowest BCUT2D eigenvalue weighted by Crippen LogP contribution is -2.52. The SMILES string of the molecule is Cc1nnc(CN=C(NC2CCCC2)NC2CCOC3(CCCC3)C2)n1C.I. The van der Waals surface area contributed by atoms with E-state index in [2.05, 4.69) is 20.8 Å². The molecule has 1 aromatic heterocycles. The van der Waals surface area contributed by atoms with Gasteiger partial charge in [-0.05, 0) is 45.4 Å². The van der Waals surface area contributed by atoms with E-state index in [-0.39, 0.29) is 29.6 Å². The Labute approximate surface area is 185 Å². The summed E-state index contributed by atoms with van der Waals surface area (Å²) >= 11 is 0. The van der Waals surface area contributed by atoms with Crippen LogP contribution in [-0.4, -0.2) is 45.0 Å². The molecule has 0 amide bonds. The van der Waals surface area contributed by atoms with Gasteiger partial charge in [-0.2, -0.15) is 0 Å². The Bertz CT molecular complexity index is 664. The summed E-state index contributed by atoms with van der Waals surface area (Å²) in [7, 11) is 2.00. The van der Waals surface area contributed by atoms with Crippen molar-refractivity contribution in [2.45, 2.75) is 95.4 Å². The van der Waals surface area contributed by atoms with E-state index < -0.39 is 0 Å². The highest BCUT2D eigenvalue weighted by Crippen LogP contribution is 2.39. The molecule has 0 aromatic carbocycles. The Balaban J connectivity index is 0.00000225. The molecule has 1 saturated heterocycles. The Morgan fingerprint density at radius 2 is 1.82 bits per heavy atom. The zero-order valence-corrected chi connectivity index (χ0v) is 19.6. The van der Waals surface area contributed by atoms with Gasteiger partial charge in [-0.1, -0.05) is 25.7 Å². The largest absolute Gasteiger partial charge is 0.375 e. The monoisotopic (exact) mass is 502 g/mol. The number of aryl methyl sites for hydroxylation is 1. The Morgan fingerprint density at radius 3 is 2.50 bits per heavy atom. The second kappa shape index (κ2) is 9.73. The summed E-state index contributed by atoms with van der Waals surface area (Å²) in [6, 6.07) is 0.975. The van der Waals surface area contributed by atoms with Crippen molar-refractivity contribution in [2.24, 2.45) is 12.0 Å². The predicted molar refractivity (Wildman–Crippen MR) is 121 cm³/mol. The molecule has 3 fully saturated rings. The molecule has 4 rings (SSSR count). The number of halogens is 1. The summed E-state index contributed by atoms with van der Waals surface area (Å²) in [5.41, 5.74) is 0.120. The van der Waals surface area contributed by atoms with E-state index in [1.165, 1.54) is 51.4 Å². The van der Waals surface area contributed by atoms with Crippen molar-refractivity contribution >= 4 is 29.9 Å². The second-order valence-electron chi connectivity index (χ2n) is 8.59. The average Bonchev–Trinajstić information content (AvgIpc) is 3.39. The summed E-state index contributed by atoms with van der Waals surface area (Å²) < 4.78 is 8.21. The number of ether oxygens (including phenoxy) is 1. The van der Waals surface area contributed by atoms with Gasteiger partial charge in [0.2, 0.25) is 0 Å². The molecule has 7 nitrogen and oxygen atoms in total. The third-order valence-corrected chi connectivity index (χ3v) is 6.61. The molecule has 0 radical (unpaired) electrons. The van der Waals surface area contributed by atoms with Gasteiger partial charge in [0.15, 0.2) is 11.8 Å². The number of nitrogens with one attached hydrogen (secondary N) is 2. The molecule has 2 saturated carbocycles. The van der Waals surface area contributed by atoms with Crippen LogP contribution in [-0.2, 0) is 18.3 Å². The summed E-state index contributed by atoms with van der Waals surface area (Å²) in [5, 5.41) is 15.8. The van der Waals surface area contributed by atoms with Gasteiger partial charge in [-0.15, -0.1) is 34.2 Å². The maximum Gasteiger partial charge on any atom is 0.192 e. The van der Waals surface area contributed by atoms with Crippen LogP contribution in [0.4, 0.5) is 0 Å². The van der Waals surface area contributed by atoms with Gasteiger partial charge in [0.05, 0.1) is 5.60 Å². The summed E-state index contributed by atoms with van der Waals surface area (Å²) in [4.78, 5) is 4.87. The number of nitrogens with zero attached hydrogens (tertiary/aromatic N) is 4. The fourth-order valence-corrected chi connectivity index (χ4v) is 4.85. The minimum absolute atomic E-state index is 0. The van der Waals surface area contributed by atoms with E-state index in [9.17, 15) is 0 Å². The van der Waals surface area contributed by atoms with Crippen molar-refractivity contribution in [3.05, 3.63) is 11.6 Å². The third-order valence-electron chi connectivity index (χ3n) is 6.61. The third kappa shape index (κ3) is 5.17. The van der Waals surface area contributed by atoms with Gasteiger partial charge in [-0.3, -0.25) is 0 Å². The van der Waals surface area contributed by atoms with E-state index in [4.69, 9.17) is 9.73 Å². The first-order chi connectivity index (χ1) is 13.1. The Hall–Kier alpha value is -0.900. The predicted octanol–water partition coefficient (Wildman–Crippen LogP) is 3.21. The zero-order valence-electron chi connectivity index (χ0n) is 17.2. The number of hydrogen-bond donors (Lipinski definition) is 2. The number of aromatic nitrogens is 3. The van der Waals surface area contributed by atoms with Gasteiger partial charge < -0.3 is 19.9 Å². The van der Waals surface area contributed by atoms with Crippen molar-refractivity contribution < 1.29 is 4.74 Å². The van der Waals surface area contributed by atoms with Gasteiger partial charge in [0.1, 0.15) is 12.4 Å². The quantitative estimate of drug-likeness (QED) is 0.376. The van der Waals surface area contributed by atoms with E-state index in [0.717, 1.165) is 37.1 Å². The first-order valence-electron chi connectivity index (χ1n) is 10.7. The molecule has 0 bridgehead atoms. The van der Waals surface area contributed by atoms with E-state index >= 15 is 0 Å². The Kier molecular flexibility index (Phi) is 7.58. The molecule has 1 atom stereocenters. The molecule has 1 unspecified atom stereocenters. The molecule has 3 aliphatic rings. The van der Waals surface area contributed by atoms with Gasteiger partial charge >= 0.3 is 0 Å². The van der Waals surface area contributed by atoms with Gasteiger partial charge in [0.25, 0.3) is 0 Å². The van der Waals surface area contributed by atoms with Crippen LogP contribution in [0.2, 0.25) is 0 Å². The van der Waals surface area contributed by atoms with E-state index in [0.29, 0.717) is 18.6 Å². The highest BCUT2D eigenvalue weighted by atomic mass is 127. The number of aliphatic imine (C=N–C) groups is 1. The first kappa shape index (κ1) is 21.8. The van der Waals surface area contributed by atoms with Crippen molar-refractivity contribution in [3.63, 3.8) is 0 Å². The van der Waals surface area contributed by atoms with Crippen molar-refractivity contribution in [1.29, 1.82) is 0 Å². The topological polar surface area (TPSA) is 76.4 Å². The van der Waals surface area contributed by atoms with Crippen LogP contribution in [0, 0.1) is 6.92 Å². The van der Waals surface area contributed by atoms with Crippen LogP contribution < -0.4 is 10.6 Å². The first-order valence-corrected chi connectivity index (χ1v) is 10.7.